The zero-order valence-electron chi connectivity index (χ0n) is 12.2. The Balaban J connectivity index is 1.74. The number of fused-ring (bicyclic) bond motifs is 1. The predicted molar refractivity (Wildman–Crippen MR) is 83.7 cm³/mol. The highest BCUT2D eigenvalue weighted by Gasteiger charge is 2.10. The van der Waals surface area contributed by atoms with Crippen LogP contribution < -0.4 is 11.0 Å². The average molecular weight is 296 g/mol. The fourth-order valence-corrected chi connectivity index (χ4v) is 2.47. The van der Waals surface area contributed by atoms with Crippen LogP contribution in [0.4, 0.5) is 0 Å². The molecule has 1 N–H and O–H groups in total. The smallest absolute Gasteiger partial charge is 0.328 e. The van der Waals surface area contributed by atoms with Gasteiger partial charge in [0.05, 0.1) is 11.0 Å². The molecule has 1 amide bonds. The lowest BCUT2D eigenvalue weighted by Gasteiger charge is -2.06. The number of hydrogen-bond donors (Lipinski definition) is 1. The molecule has 1 aromatic carbocycles. The van der Waals surface area contributed by atoms with Crippen molar-refractivity contribution in [1.29, 1.82) is 0 Å². The maximum absolute atomic E-state index is 12.2. The number of nitrogens with zero attached hydrogens (tertiary/aromatic N) is 3. The molecular weight excluding hydrogens is 280 g/mol. The van der Waals surface area contributed by atoms with Gasteiger partial charge < -0.3 is 5.32 Å². The van der Waals surface area contributed by atoms with E-state index in [9.17, 15) is 9.59 Å². The second kappa shape index (κ2) is 5.85. The van der Waals surface area contributed by atoms with Crippen molar-refractivity contribution >= 4 is 16.9 Å². The number of pyridine rings is 1. The highest BCUT2D eigenvalue weighted by Crippen LogP contribution is 2.10. The van der Waals surface area contributed by atoms with Crippen LogP contribution in [0.25, 0.3) is 11.0 Å². The van der Waals surface area contributed by atoms with E-state index in [1.807, 2.05) is 24.3 Å². The van der Waals surface area contributed by atoms with E-state index in [0.717, 1.165) is 11.0 Å². The predicted octanol–water partition coefficient (Wildman–Crippen LogP) is 1.17. The van der Waals surface area contributed by atoms with E-state index in [1.54, 1.807) is 40.7 Å². The highest BCUT2D eigenvalue weighted by molar-refractivity contribution is 5.93. The SMILES string of the molecule is Cn1c(=O)n(CCNC(=O)c2ccncc2)c2ccccc21. The molecule has 0 atom stereocenters. The summed E-state index contributed by atoms with van der Waals surface area (Å²) in [6, 6.07) is 10.9. The molecule has 0 unspecified atom stereocenters. The van der Waals surface area contributed by atoms with Gasteiger partial charge in [-0.2, -0.15) is 0 Å². The van der Waals surface area contributed by atoms with E-state index in [2.05, 4.69) is 10.3 Å². The van der Waals surface area contributed by atoms with Gasteiger partial charge in [0.1, 0.15) is 0 Å². The summed E-state index contributed by atoms with van der Waals surface area (Å²) in [6.07, 6.45) is 3.15. The molecule has 0 radical (unpaired) electrons. The largest absolute Gasteiger partial charge is 0.350 e. The molecule has 6 nitrogen and oxygen atoms in total. The Labute approximate surface area is 127 Å². The summed E-state index contributed by atoms with van der Waals surface area (Å²) in [4.78, 5) is 28.1. The summed E-state index contributed by atoms with van der Waals surface area (Å²) in [6.45, 7) is 0.812. The Morgan fingerprint density at radius 2 is 1.82 bits per heavy atom. The molecule has 2 aromatic heterocycles. The van der Waals surface area contributed by atoms with Gasteiger partial charge in [-0.05, 0) is 24.3 Å². The van der Waals surface area contributed by atoms with Gasteiger partial charge in [-0.1, -0.05) is 12.1 Å². The van der Waals surface area contributed by atoms with Crippen molar-refractivity contribution in [2.75, 3.05) is 6.54 Å². The van der Waals surface area contributed by atoms with E-state index in [-0.39, 0.29) is 11.6 Å². The number of benzene rings is 1. The first-order valence-electron chi connectivity index (χ1n) is 7.01. The van der Waals surface area contributed by atoms with Gasteiger partial charge in [0, 0.05) is 38.1 Å². The lowest BCUT2D eigenvalue weighted by Crippen LogP contribution is -2.31. The number of nitrogens with one attached hydrogen (secondary N) is 1. The Kier molecular flexibility index (Phi) is 3.74. The van der Waals surface area contributed by atoms with Crippen LogP contribution in [-0.4, -0.2) is 26.6 Å². The van der Waals surface area contributed by atoms with Crippen LogP contribution in [0.5, 0.6) is 0 Å². The second-order valence-electron chi connectivity index (χ2n) is 4.97. The van der Waals surface area contributed by atoms with E-state index in [0.29, 0.717) is 18.7 Å². The van der Waals surface area contributed by atoms with Crippen molar-refractivity contribution in [1.82, 2.24) is 19.4 Å². The van der Waals surface area contributed by atoms with Gasteiger partial charge >= 0.3 is 5.69 Å². The number of carbonyl (C=O) groups is 1. The zero-order valence-corrected chi connectivity index (χ0v) is 12.2. The van der Waals surface area contributed by atoms with Crippen molar-refractivity contribution in [3.8, 4) is 0 Å². The molecule has 112 valence electrons. The van der Waals surface area contributed by atoms with E-state index in [1.165, 1.54) is 0 Å². The third-order valence-electron chi connectivity index (χ3n) is 3.62. The normalized spacial score (nSPS) is 10.8. The van der Waals surface area contributed by atoms with Crippen molar-refractivity contribution in [3.05, 3.63) is 64.8 Å². The minimum atomic E-state index is -0.171. The minimum absolute atomic E-state index is 0.0839. The van der Waals surface area contributed by atoms with Crippen LogP contribution in [0.2, 0.25) is 0 Å². The third-order valence-corrected chi connectivity index (χ3v) is 3.62. The first-order chi connectivity index (χ1) is 10.7. The maximum Gasteiger partial charge on any atom is 0.328 e. The molecule has 0 aliphatic carbocycles. The highest BCUT2D eigenvalue weighted by atomic mass is 16.2. The number of aryl methyl sites for hydroxylation is 1. The quantitative estimate of drug-likeness (QED) is 0.785. The van der Waals surface area contributed by atoms with Crippen LogP contribution in [0.1, 0.15) is 10.4 Å². The van der Waals surface area contributed by atoms with Gasteiger partial charge in [-0.15, -0.1) is 0 Å². The fourth-order valence-electron chi connectivity index (χ4n) is 2.47. The summed E-state index contributed by atoms with van der Waals surface area (Å²) in [5, 5.41) is 2.81. The van der Waals surface area contributed by atoms with Gasteiger partial charge in [-0.25, -0.2) is 4.79 Å². The van der Waals surface area contributed by atoms with Crippen LogP contribution in [0.3, 0.4) is 0 Å². The number of imidazole rings is 1. The van der Waals surface area contributed by atoms with Crippen LogP contribution >= 0.6 is 0 Å². The third kappa shape index (κ3) is 2.50. The molecular formula is C16H16N4O2. The van der Waals surface area contributed by atoms with Crippen molar-refractivity contribution < 1.29 is 4.79 Å². The Morgan fingerprint density at radius 3 is 2.55 bits per heavy atom. The summed E-state index contributed by atoms with van der Waals surface area (Å²) in [5.74, 6) is -0.171. The van der Waals surface area contributed by atoms with Crippen LogP contribution in [0, 0.1) is 0 Å². The van der Waals surface area contributed by atoms with Gasteiger partial charge in [0.25, 0.3) is 5.91 Å². The summed E-state index contributed by atoms with van der Waals surface area (Å²) < 4.78 is 3.28. The number of aromatic nitrogens is 3. The summed E-state index contributed by atoms with van der Waals surface area (Å²) in [7, 11) is 1.75. The van der Waals surface area contributed by atoms with E-state index >= 15 is 0 Å². The number of hydrogen-bond acceptors (Lipinski definition) is 3. The standard InChI is InChI=1S/C16H16N4O2/c1-19-13-4-2-3-5-14(13)20(16(19)22)11-10-18-15(21)12-6-8-17-9-7-12/h2-9H,10-11H2,1H3,(H,18,21). The molecule has 0 aliphatic rings. The number of carbonyl (C=O) groups excluding carboxylic acids is 1. The van der Waals surface area contributed by atoms with Gasteiger partial charge in [0.15, 0.2) is 0 Å². The van der Waals surface area contributed by atoms with E-state index < -0.39 is 0 Å². The Hall–Kier alpha value is -2.89. The van der Waals surface area contributed by atoms with E-state index in [4.69, 9.17) is 0 Å². The lowest BCUT2D eigenvalue weighted by molar-refractivity contribution is 0.0952. The molecule has 2 heterocycles. The minimum Gasteiger partial charge on any atom is -0.350 e. The molecule has 3 rings (SSSR count). The zero-order chi connectivity index (χ0) is 15.5. The van der Waals surface area contributed by atoms with Crippen molar-refractivity contribution in [3.63, 3.8) is 0 Å². The Morgan fingerprint density at radius 1 is 1.14 bits per heavy atom. The van der Waals surface area contributed by atoms with Crippen molar-refractivity contribution in [2.24, 2.45) is 7.05 Å². The van der Waals surface area contributed by atoms with Gasteiger partial charge in [-0.3, -0.25) is 18.9 Å². The molecule has 3 aromatic rings. The van der Waals surface area contributed by atoms with Gasteiger partial charge in [0.2, 0.25) is 0 Å². The lowest BCUT2D eigenvalue weighted by atomic mass is 10.2. The van der Waals surface area contributed by atoms with Crippen molar-refractivity contribution in [2.45, 2.75) is 6.54 Å². The Bertz CT molecular complexity index is 865. The molecule has 0 spiro atoms. The molecule has 0 saturated carbocycles. The summed E-state index contributed by atoms with van der Waals surface area (Å²) in [5.41, 5.74) is 2.22. The fraction of sp³-hybridized carbons (Fsp3) is 0.188. The molecule has 0 saturated heterocycles. The molecule has 0 aliphatic heterocycles. The van der Waals surface area contributed by atoms with Crippen LogP contribution in [-0.2, 0) is 13.6 Å². The first kappa shape index (κ1) is 14.1. The van der Waals surface area contributed by atoms with Crippen LogP contribution in [0.15, 0.2) is 53.6 Å². The number of para-hydroxylation sites is 2. The molecule has 22 heavy (non-hydrogen) atoms. The molecule has 6 heteroatoms. The molecule has 0 fully saturated rings. The first-order valence-corrected chi connectivity index (χ1v) is 7.01. The summed E-state index contributed by atoms with van der Waals surface area (Å²) >= 11 is 0. The maximum atomic E-state index is 12.2. The average Bonchev–Trinajstić information content (AvgIpc) is 2.81. The number of rotatable bonds is 4. The monoisotopic (exact) mass is 296 g/mol. The second-order valence-corrected chi connectivity index (χ2v) is 4.97. The molecule has 0 bridgehead atoms. The number of amides is 1. The topological polar surface area (TPSA) is 68.9 Å².